The minimum atomic E-state index is -0.424. The van der Waals surface area contributed by atoms with Crippen molar-refractivity contribution in [2.24, 2.45) is 10.1 Å². The quantitative estimate of drug-likeness (QED) is 0.759. The van der Waals surface area contributed by atoms with E-state index in [0.29, 0.717) is 16.6 Å². The molecule has 1 atom stereocenters. The molecular weight excluding hydrogens is 414 g/mol. The lowest BCUT2D eigenvalue weighted by Gasteiger charge is -2.34. The van der Waals surface area contributed by atoms with Crippen molar-refractivity contribution in [3.05, 3.63) is 76.0 Å². The van der Waals surface area contributed by atoms with Crippen LogP contribution in [0.5, 0.6) is 0 Å². The summed E-state index contributed by atoms with van der Waals surface area (Å²) in [6, 6.07) is 9.47. The summed E-state index contributed by atoms with van der Waals surface area (Å²) in [5, 5.41) is 11.2. The number of aromatic nitrogens is 1. The third-order valence-corrected chi connectivity index (χ3v) is 5.26. The fourth-order valence-electron chi connectivity index (χ4n) is 2.81. The Morgan fingerprint density at radius 3 is 2.88 bits per heavy atom. The Labute approximate surface area is 162 Å². The van der Waals surface area contributed by atoms with Gasteiger partial charge in [0, 0.05) is 33.4 Å². The van der Waals surface area contributed by atoms with Crippen LogP contribution in [-0.2, 0) is 4.79 Å². The highest BCUT2D eigenvalue weighted by atomic mass is 79.9. The number of rotatable bonds is 3. The van der Waals surface area contributed by atoms with Gasteiger partial charge in [0.1, 0.15) is 5.70 Å². The molecule has 1 aromatic heterocycles. The fourth-order valence-corrected chi connectivity index (χ4v) is 3.75. The molecule has 26 heavy (non-hydrogen) atoms. The molecule has 1 aromatic carbocycles. The number of nitrogens with one attached hydrogen (secondary N) is 1. The minimum absolute atomic E-state index is 0.195. The summed E-state index contributed by atoms with van der Waals surface area (Å²) in [4.78, 5) is 21.8. The topological polar surface area (TPSA) is 70.0 Å². The number of carbonyl (C=O) groups is 1. The first-order chi connectivity index (χ1) is 12.7. The van der Waals surface area contributed by atoms with Crippen molar-refractivity contribution in [1.82, 2.24) is 15.3 Å². The monoisotopic (exact) mass is 427 g/mol. The summed E-state index contributed by atoms with van der Waals surface area (Å²) < 4.78 is 0.880. The zero-order valence-electron chi connectivity index (χ0n) is 13.6. The van der Waals surface area contributed by atoms with Crippen LogP contribution in [-0.4, -0.2) is 26.8 Å². The number of hydrogen-bond donors (Lipinski definition) is 1. The maximum absolute atomic E-state index is 12.9. The number of carbonyl (C=O) groups excluding carboxylic acids is 1. The molecule has 2 aliphatic rings. The summed E-state index contributed by atoms with van der Waals surface area (Å²) in [6.45, 7) is 3.71. The maximum Gasteiger partial charge on any atom is 0.276 e. The van der Waals surface area contributed by atoms with Crippen molar-refractivity contribution in [3.8, 4) is 0 Å². The van der Waals surface area contributed by atoms with Gasteiger partial charge in [-0.2, -0.15) is 0 Å². The van der Waals surface area contributed by atoms with E-state index in [9.17, 15) is 4.79 Å². The van der Waals surface area contributed by atoms with Crippen molar-refractivity contribution in [2.45, 2.75) is 6.17 Å². The van der Waals surface area contributed by atoms with Gasteiger partial charge in [0.2, 0.25) is 0 Å². The van der Waals surface area contributed by atoms with Crippen molar-refractivity contribution in [2.75, 3.05) is 5.75 Å². The molecule has 3 heterocycles. The van der Waals surface area contributed by atoms with E-state index in [4.69, 9.17) is 4.99 Å². The molecule has 130 valence electrons. The van der Waals surface area contributed by atoms with Gasteiger partial charge in [-0.15, -0.1) is 11.7 Å². The smallest absolute Gasteiger partial charge is 0.276 e. The van der Waals surface area contributed by atoms with Gasteiger partial charge in [0.25, 0.3) is 5.91 Å². The molecule has 0 spiro atoms. The number of amides is 1. The molecule has 2 aromatic rings. The highest BCUT2D eigenvalue weighted by Gasteiger charge is 2.34. The molecule has 8 heteroatoms. The average molecular weight is 428 g/mol. The second-order valence-corrected chi connectivity index (χ2v) is 7.52. The number of pyridine rings is 1. The summed E-state index contributed by atoms with van der Waals surface area (Å²) in [5.41, 5.74) is 1.40. The second-order valence-electron chi connectivity index (χ2n) is 5.60. The Hall–Kier alpha value is -2.45. The number of halogens is 1. The lowest BCUT2D eigenvalue weighted by atomic mass is 10.1. The van der Waals surface area contributed by atoms with Gasteiger partial charge in [0.15, 0.2) is 11.3 Å². The predicted octanol–water partition coefficient (Wildman–Crippen LogP) is 1.91. The predicted molar refractivity (Wildman–Crippen MR) is 105 cm³/mol. The molecule has 0 bridgehead atoms. The molecular formula is C18H14BrN5OS. The number of hydrogen-bond acceptors (Lipinski definition) is 6. The summed E-state index contributed by atoms with van der Waals surface area (Å²) in [7, 11) is 0. The maximum atomic E-state index is 12.9. The Balaban J connectivity index is 1.93. The Bertz CT molecular complexity index is 1040. The van der Waals surface area contributed by atoms with Crippen LogP contribution in [0.25, 0.3) is 5.70 Å². The van der Waals surface area contributed by atoms with Gasteiger partial charge in [-0.3, -0.25) is 20.1 Å². The van der Waals surface area contributed by atoms with E-state index in [0.717, 1.165) is 20.6 Å². The molecule has 0 saturated heterocycles. The van der Waals surface area contributed by atoms with E-state index in [1.54, 1.807) is 23.5 Å². The SMILES string of the molecule is C=CCSC1=NN2C(=c3cc(Br)ccc3=N[C@@H]2c2ccncc2)C(=O)N1. The lowest BCUT2D eigenvalue weighted by molar-refractivity contribution is -0.116. The van der Waals surface area contributed by atoms with E-state index < -0.39 is 6.17 Å². The third-order valence-electron chi connectivity index (χ3n) is 3.91. The summed E-state index contributed by atoms with van der Waals surface area (Å²) in [6.07, 6.45) is 4.77. The average Bonchev–Trinajstić information content (AvgIpc) is 2.66. The summed E-state index contributed by atoms with van der Waals surface area (Å²) in [5.74, 6) is 0.460. The van der Waals surface area contributed by atoms with Crippen LogP contribution in [0.2, 0.25) is 0 Å². The molecule has 1 amide bonds. The highest BCUT2D eigenvalue weighted by molar-refractivity contribution is 9.10. The molecule has 0 saturated carbocycles. The zero-order chi connectivity index (χ0) is 18.1. The van der Waals surface area contributed by atoms with Crippen molar-refractivity contribution >= 4 is 44.5 Å². The first-order valence-electron chi connectivity index (χ1n) is 7.88. The third kappa shape index (κ3) is 3.06. The molecule has 0 radical (unpaired) electrons. The number of amidine groups is 1. The van der Waals surface area contributed by atoms with Gasteiger partial charge >= 0.3 is 0 Å². The number of nitrogens with zero attached hydrogens (tertiary/aromatic N) is 4. The standard InChI is InChI=1S/C18H14BrN5OS/c1-2-9-26-18-22-17(25)15-13-10-12(19)3-4-14(13)21-16(24(15)23-18)11-5-7-20-8-6-11/h2-8,10,16H,1,9H2,(H,22,23,25)/t16-/m0/s1. The van der Waals surface area contributed by atoms with E-state index in [2.05, 4.69) is 37.9 Å². The molecule has 1 N–H and O–H groups in total. The number of hydrazone groups is 1. The lowest BCUT2D eigenvalue weighted by Crippen LogP contribution is -2.50. The van der Waals surface area contributed by atoms with E-state index in [1.807, 2.05) is 30.3 Å². The molecule has 4 rings (SSSR count). The highest BCUT2D eigenvalue weighted by Crippen LogP contribution is 2.30. The van der Waals surface area contributed by atoms with Crippen LogP contribution >= 0.6 is 27.7 Å². The van der Waals surface area contributed by atoms with Crippen LogP contribution in [0, 0.1) is 0 Å². The van der Waals surface area contributed by atoms with Gasteiger partial charge in [0.05, 0.1) is 5.36 Å². The molecule has 0 unspecified atom stereocenters. The van der Waals surface area contributed by atoms with Crippen LogP contribution in [0.1, 0.15) is 11.7 Å². The number of benzene rings is 1. The number of thioether (sulfide) groups is 1. The first-order valence-corrected chi connectivity index (χ1v) is 9.66. The van der Waals surface area contributed by atoms with Crippen LogP contribution in [0.4, 0.5) is 0 Å². The van der Waals surface area contributed by atoms with E-state index >= 15 is 0 Å². The van der Waals surface area contributed by atoms with Gasteiger partial charge < -0.3 is 0 Å². The van der Waals surface area contributed by atoms with Crippen molar-refractivity contribution < 1.29 is 4.79 Å². The van der Waals surface area contributed by atoms with E-state index in [-0.39, 0.29) is 5.91 Å². The van der Waals surface area contributed by atoms with Gasteiger partial charge in [-0.25, -0.2) is 5.01 Å². The molecule has 0 fully saturated rings. The largest absolute Gasteiger partial charge is 0.298 e. The van der Waals surface area contributed by atoms with Gasteiger partial charge in [-0.1, -0.05) is 33.8 Å². The second kappa shape index (κ2) is 7.05. The fraction of sp³-hybridized carbons (Fsp3) is 0.111. The van der Waals surface area contributed by atoms with Crippen LogP contribution in [0.15, 0.2) is 69.9 Å². The Morgan fingerprint density at radius 2 is 2.12 bits per heavy atom. The van der Waals surface area contributed by atoms with E-state index in [1.165, 1.54) is 11.8 Å². The molecule has 2 aliphatic heterocycles. The first kappa shape index (κ1) is 17.0. The Morgan fingerprint density at radius 1 is 1.31 bits per heavy atom. The summed E-state index contributed by atoms with van der Waals surface area (Å²) >= 11 is 4.89. The normalized spacial score (nSPS) is 18.3. The molecule has 6 nitrogen and oxygen atoms in total. The number of fused-ring (bicyclic) bond motifs is 2. The van der Waals surface area contributed by atoms with Crippen molar-refractivity contribution in [1.29, 1.82) is 0 Å². The minimum Gasteiger partial charge on any atom is -0.298 e. The van der Waals surface area contributed by atoms with Crippen LogP contribution in [0.3, 0.4) is 0 Å². The molecule has 0 aliphatic carbocycles. The van der Waals surface area contributed by atoms with Gasteiger partial charge in [-0.05, 0) is 30.3 Å². The van der Waals surface area contributed by atoms with Crippen molar-refractivity contribution in [3.63, 3.8) is 0 Å². The zero-order valence-corrected chi connectivity index (χ0v) is 16.0. The van der Waals surface area contributed by atoms with Crippen LogP contribution < -0.4 is 15.9 Å². The Kier molecular flexibility index (Phi) is 4.60.